The molecule has 0 N–H and O–H groups in total. The van der Waals surface area contributed by atoms with Gasteiger partial charge < -0.3 is 0 Å². The molecule has 0 aliphatic carbocycles. The number of nitrogens with zero attached hydrogens (tertiary/aromatic N) is 2. The Kier molecular flexibility index (Phi) is 2.47. The highest BCUT2D eigenvalue weighted by Crippen LogP contribution is 2.21. The number of allylic oxidation sites excluding steroid dienone is 1. The summed E-state index contributed by atoms with van der Waals surface area (Å²) in [5, 5.41) is 10.8. The van der Waals surface area contributed by atoms with Crippen molar-refractivity contribution < 1.29 is 0 Å². The van der Waals surface area contributed by atoms with E-state index in [0.29, 0.717) is 0 Å². The van der Waals surface area contributed by atoms with E-state index in [0.717, 1.165) is 22.0 Å². The molecule has 15 heavy (non-hydrogen) atoms. The molecule has 0 atom stereocenters. The molecule has 1 heterocycles. The number of hydrogen-bond donors (Lipinski definition) is 0. The maximum absolute atomic E-state index is 8.53. The van der Waals surface area contributed by atoms with Gasteiger partial charge in [0.1, 0.15) is 0 Å². The second-order valence-electron chi connectivity index (χ2n) is 3.31. The topological polar surface area (TPSA) is 36.7 Å². The maximum atomic E-state index is 8.53. The fourth-order valence-corrected chi connectivity index (χ4v) is 1.62. The van der Waals surface area contributed by atoms with Crippen molar-refractivity contribution in [1.29, 1.82) is 5.26 Å². The van der Waals surface area contributed by atoms with E-state index in [1.165, 1.54) is 6.08 Å². The molecule has 2 nitrogen and oxygen atoms in total. The number of aromatic nitrogens is 1. The molecular weight excluding hydrogens is 184 g/mol. The average molecular weight is 194 g/mol. The summed E-state index contributed by atoms with van der Waals surface area (Å²) < 4.78 is 0. The first-order valence-electron chi connectivity index (χ1n) is 4.73. The zero-order valence-corrected chi connectivity index (χ0v) is 8.44. The van der Waals surface area contributed by atoms with E-state index >= 15 is 0 Å². The molecule has 0 amide bonds. The van der Waals surface area contributed by atoms with Crippen LogP contribution in [0, 0.1) is 18.3 Å². The minimum absolute atomic E-state index is 0.945. The van der Waals surface area contributed by atoms with Crippen LogP contribution in [0.5, 0.6) is 0 Å². The third-order valence-corrected chi connectivity index (χ3v) is 2.36. The number of aryl methyl sites for hydroxylation is 1. The summed E-state index contributed by atoms with van der Waals surface area (Å²) in [6.45, 7) is 1.95. The van der Waals surface area contributed by atoms with Crippen LogP contribution in [0.3, 0.4) is 0 Å². The van der Waals surface area contributed by atoms with Gasteiger partial charge in [-0.15, -0.1) is 0 Å². The monoisotopic (exact) mass is 194 g/mol. The van der Waals surface area contributed by atoms with Gasteiger partial charge in [0.2, 0.25) is 0 Å². The van der Waals surface area contributed by atoms with Crippen LogP contribution in [-0.2, 0) is 0 Å². The molecule has 72 valence electrons. The molecule has 0 bridgehead atoms. The zero-order valence-electron chi connectivity index (χ0n) is 8.44. The molecule has 1 aromatic heterocycles. The van der Waals surface area contributed by atoms with Crippen LogP contribution in [0.4, 0.5) is 0 Å². The lowest BCUT2D eigenvalue weighted by atomic mass is 10.0. The largest absolute Gasteiger partial charge is 0.260 e. The van der Waals surface area contributed by atoms with Crippen LogP contribution in [0.2, 0.25) is 0 Å². The molecule has 2 heteroatoms. The van der Waals surface area contributed by atoms with Crippen molar-refractivity contribution in [3.05, 3.63) is 47.8 Å². The van der Waals surface area contributed by atoms with Crippen molar-refractivity contribution in [3.8, 4) is 6.07 Å². The lowest BCUT2D eigenvalue weighted by Gasteiger charge is -2.04. The number of fused-ring (bicyclic) bond motifs is 1. The SMILES string of the molecule is Cc1ncc2ccccc2c1C=CC#N. The number of pyridine rings is 1. The molecule has 0 saturated heterocycles. The van der Waals surface area contributed by atoms with Gasteiger partial charge in [0.15, 0.2) is 0 Å². The van der Waals surface area contributed by atoms with Crippen molar-refractivity contribution in [2.75, 3.05) is 0 Å². The summed E-state index contributed by atoms with van der Waals surface area (Å²) in [7, 11) is 0. The van der Waals surface area contributed by atoms with E-state index in [2.05, 4.69) is 4.98 Å². The Labute approximate surface area is 88.5 Å². The quantitative estimate of drug-likeness (QED) is 0.654. The molecule has 0 saturated carbocycles. The highest BCUT2D eigenvalue weighted by atomic mass is 14.7. The second-order valence-corrected chi connectivity index (χ2v) is 3.31. The van der Waals surface area contributed by atoms with Gasteiger partial charge >= 0.3 is 0 Å². The highest BCUT2D eigenvalue weighted by Gasteiger charge is 2.01. The van der Waals surface area contributed by atoms with Crippen LogP contribution >= 0.6 is 0 Å². The Morgan fingerprint density at radius 2 is 2.13 bits per heavy atom. The third kappa shape index (κ3) is 1.72. The van der Waals surface area contributed by atoms with Crippen LogP contribution < -0.4 is 0 Å². The van der Waals surface area contributed by atoms with Crippen molar-refractivity contribution in [1.82, 2.24) is 4.98 Å². The molecule has 1 aromatic carbocycles. The summed E-state index contributed by atoms with van der Waals surface area (Å²) in [6.07, 6.45) is 5.15. The number of rotatable bonds is 1. The maximum Gasteiger partial charge on any atom is 0.0912 e. The second kappa shape index (κ2) is 3.93. The van der Waals surface area contributed by atoms with Gasteiger partial charge in [-0.05, 0) is 18.4 Å². The van der Waals surface area contributed by atoms with Crippen molar-refractivity contribution in [2.45, 2.75) is 6.92 Å². The molecule has 0 fully saturated rings. The van der Waals surface area contributed by atoms with Crippen molar-refractivity contribution in [2.24, 2.45) is 0 Å². The standard InChI is InChI=1S/C13H10N2/c1-10-12(7-4-8-14)13-6-3-2-5-11(13)9-15-10/h2-7,9H,1H3. The molecule has 0 aliphatic rings. The Morgan fingerprint density at radius 3 is 2.93 bits per heavy atom. The average Bonchev–Trinajstić information content (AvgIpc) is 2.28. The Balaban J connectivity index is 2.75. The van der Waals surface area contributed by atoms with Crippen LogP contribution in [0.15, 0.2) is 36.5 Å². The van der Waals surface area contributed by atoms with E-state index in [9.17, 15) is 0 Å². The van der Waals surface area contributed by atoms with Gasteiger partial charge in [-0.2, -0.15) is 5.26 Å². The fraction of sp³-hybridized carbons (Fsp3) is 0.0769. The zero-order chi connectivity index (χ0) is 10.7. The van der Waals surface area contributed by atoms with E-state index in [1.54, 1.807) is 0 Å². The van der Waals surface area contributed by atoms with E-state index in [-0.39, 0.29) is 0 Å². The molecular formula is C13H10N2. The van der Waals surface area contributed by atoms with Crippen LogP contribution in [0.25, 0.3) is 16.8 Å². The Morgan fingerprint density at radius 1 is 1.33 bits per heavy atom. The van der Waals surface area contributed by atoms with Crippen LogP contribution in [-0.4, -0.2) is 4.98 Å². The summed E-state index contributed by atoms with van der Waals surface area (Å²) >= 11 is 0. The van der Waals surface area contributed by atoms with E-state index in [4.69, 9.17) is 5.26 Å². The smallest absolute Gasteiger partial charge is 0.0912 e. The van der Waals surface area contributed by atoms with Crippen molar-refractivity contribution in [3.63, 3.8) is 0 Å². The van der Waals surface area contributed by atoms with Gasteiger partial charge in [-0.3, -0.25) is 4.98 Å². The normalized spacial score (nSPS) is 10.7. The van der Waals surface area contributed by atoms with Gasteiger partial charge in [-0.1, -0.05) is 24.3 Å². The van der Waals surface area contributed by atoms with Gasteiger partial charge in [0.05, 0.1) is 6.07 Å². The number of hydrogen-bond acceptors (Lipinski definition) is 2. The first-order valence-corrected chi connectivity index (χ1v) is 4.73. The summed E-state index contributed by atoms with van der Waals surface area (Å²) in [6, 6.07) is 10.0. The van der Waals surface area contributed by atoms with Gasteiger partial charge in [0, 0.05) is 28.9 Å². The summed E-state index contributed by atoms with van der Waals surface area (Å²) in [5.41, 5.74) is 1.97. The fourth-order valence-electron chi connectivity index (χ4n) is 1.62. The van der Waals surface area contributed by atoms with Gasteiger partial charge in [0.25, 0.3) is 0 Å². The number of benzene rings is 1. The minimum atomic E-state index is 0.945. The predicted octanol–water partition coefficient (Wildman–Crippen LogP) is 3.08. The molecule has 0 aliphatic heterocycles. The summed E-state index contributed by atoms with van der Waals surface area (Å²) in [5.74, 6) is 0. The Hall–Kier alpha value is -2.14. The molecule has 0 radical (unpaired) electrons. The first-order chi connectivity index (χ1) is 7.33. The van der Waals surface area contributed by atoms with E-state index < -0.39 is 0 Å². The lowest BCUT2D eigenvalue weighted by molar-refractivity contribution is 1.21. The predicted molar refractivity (Wildman–Crippen MR) is 61.1 cm³/mol. The Bertz CT molecular complexity index is 562. The first kappa shape index (κ1) is 9.42. The molecule has 0 unspecified atom stereocenters. The summed E-state index contributed by atoms with van der Waals surface area (Å²) in [4.78, 5) is 4.30. The van der Waals surface area contributed by atoms with E-state index in [1.807, 2.05) is 49.5 Å². The number of nitriles is 1. The highest BCUT2D eigenvalue weighted by molar-refractivity contribution is 5.90. The molecule has 0 spiro atoms. The lowest BCUT2D eigenvalue weighted by Crippen LogP contribution is -1.88. The molecule has 2 rings (SSSR count). The van der Waals surface area contributed by atoms with Gasteiger partial charge in [-0.25, -0.2) is 0 Å². The minimum Gasteiger partial charge on any atom is -0.260 e. The third-order valence-electron chi connectivity index (χ3n) is 2.36. The van der Waals surface area contributed by atoms with Crippen molar-refractivity contribution >= 4 is 16.8 Å². The van der Waals surface area contributed by atoms with Crippen LogP contribution in [0.1, 0.15) is 11.3 Å². The molecule has 2 aromatic rings.